The van der Waals surface area contributed by atoms with E-state index in [-0.39, 0.29) is 0 Å². The molecule has 0 N–H and O–H groups in total. The Labute approximate surface area is 80.7 Å². The first-order chi connectivity index (χ1) is 6.18. The molecule has 2 aromatic rings. The van der Waals surface area contributed by atoms with Gasteiger partial charge in [-0.3, -0.25) is 9.36 Å². The van der Waals surface area contributed by atoms with E-state index >= 15 is 0 Å². The van der Waals surface area contributed by atoms with Gasteiger partial charge in [-0.1, -0.05) is 11.6 Å². The second-order valence-electron chi connectivity index (χ2n) is 2.82. The van der Waals surface area contributed by atoms with Crippen LogP contribution < -0.4 is 0 Å². The molecular weight excluding hydrogens is 188 g/mol. The zero-order valence-electron chi connectivity index (χ0n) is 7.40. The lowest BCUT2D eigenvalue weighted by Crippen LogP contribution is -1.95. The van der Waals surface area contributed by atoms with Crippen molar-refractivity contribution in [2.75, 3.05) is 0 Å². The smallest absolute Gasteiger partial charge is 0.127 e. The lowest BCUT2D eigenvalue weighted by Gasteiger charge is -1.95. The maximum atomic E-state index is 5.87. The third kappa shape index (κ3) is 1.33. The molecular formula is C8H9ClN4. The van der Waals surface area contributed by atoms with Gasteiger partial charge in [0.2, 0.25) is 0 Å². The van der Waals surface area contributed by atoms with Gasteiger partial charge in [-0.2, -0.15) is 10.2 Å². The average molecular weight is 197 g/mol. The highest BCUT2D eigenvalue weighted by Gasteiger charge is 2.07. The second-order valence-corrected chi connectivity index (χ2v) is 3.20. The monoisotopic (exact) mass is 196 g/mol. The summed E-state index contributed by atoms with van der Waals surface area (Å²) in [5.74, 6) is 0. The lowest BCUT2D eigenvalue weighted by atomic mass is 10.3. The first-order valence-electron chi connectivity index (χ1n) is 3.86. The van der Waals surface area contributed by atoms with Gasteiger partial charge in [0.25, 0.3) is 0 Å². The summed E-state index contributed by atoms with van der Waals surface area (Å²) in [6.07, 6.45) is 1.73. The summed E-state index contributed by atoms with van der Waals surface area (Å²) >= 11 is 5.87. The highest BCUT2D eigenvalue weighted by atomic mass is 35.5. The number of aryl methyl sites for hydroxylation is 2. The molecule has 0 unspecified atom stereocenters. The summed E-state index contributed by atoms with van der Waals surface area (Å²) in [5.41, 5.74) is 1.80. The van der Waals surface area contributed by atoms with Crippen LogP contribution in [0, 0.1) is 0 Å². The molecule has 0 saturated carbocycles. The third-order valence-corrected chi connectivity index (χ3v) is 2.26. The average Bonchev–Trinajstić information content (AvgIpc) is 2.60. The van der Waals surface area contributed by atoms with Gasteiger partial charge in [-0.25, -0.2) is 0 Å². The van der Waals surface area contributed by atoms with Gasteiger partial charge in [0.1, 0.15) is 10.8 Å². The topological polar surface area (TPSA) is 35.6 Å². The van der Waals surface area contributed by atoms with Crippen LogP contribution in [0.3, 0.4) is 0 Å². The minimum atomic E-state index is 0.621. The summed E-state index contributed by atoms with van der Waals surface area (Å²) in [7, 11) is 3.68. The number of nitrogens with zero attached hydrogens (tertiary/aromatic N) is 4. The van der Waals surface area contributed by atoms with E-state index in [0.29, 0.717) is 5.15 Å². The normalized spacial score (nSPS) is 10.7. The molecule has 0 aliphatic carbocycles. The van der Waals surface area contributed by atoms with Gasteiger partial charge in [0.15, 0.2) is 0 Å². The standard InChI is InChI=1S/C8H9ClN4/c1-12-7(3-4-10-12)6-5-8(9)13(2)11-6/h3-5H,1-2H3. The molecule has 0 atom stereocenters. The molecule has 0 aliphatic heterocycles. The van der Waals surface area contributed by atoms with Crippen molar-refractivity contribution in [3.05, 3.63) is 23.5 Å². The van der Waals surface area contributed by atoms with Gasteiger partial charge in [0.05, 0.1) is 5.69 Å². The fraction of sp³-hybridized carbons (Fsp3) is 0.250. The number of hydrogen-bond acceptors (Lipinski definition) is 2. The van der Waals surface area contributed by atoms with E-state index in [9.17, 15) is 0 Å². The van der Waals surface area contributed by atoms with Crippen molar-refractivity contribution >= 4 is 11.6 Å². The van der Waals surface area contributed by atoms with Crippen LogP contribution in [0.1, 0.15) is 0 Å². The summed E-state index contributed by atoms with van der Waals surface area (Å²) in [6, 6.07) is 3.72. The molecule has 0 spiro atoms. The molecule has 4 nitrogen and oxygen atoms in total. The minimum absolute atomic E-state index is 0.621. The predicted molar refractivity (Wildman–Crippen MR) is 50.4 cm³/mol. The highest BCUT2D eigenvalue weighted by Crippen LogP contribution is 2.19. The maximum absolute atomic E-state index is 5.87. The summed E-state index contributed by atoms with van der Waals surface area (Å²) in [4.78, 5) is 0. The Bertz CT molecular complexity index is 410. The Hall–Kier alpha value is -1.29. The van der Waals surface area contributed by atoms with Gasteiger partial charge >= 0.3 is 0 Å². The molecule has 0 saturated heterocycles. The minimum Gasteiger partial charge on any atom is -0.266 e. The van der Waals surface area contributed by atoms with Gasteiger partial charge in [-0.05, 0) is 6.07 Å². The van der Waals surface area contributed by atoms with Crippen molar-refractivity contribution in [3.63, 3.8) is 0 Å². The SMILES string of the molecule is Cn1nc(-c2ccnn2C)cc1Cl. The van der Waals surface area contributed by atoms with Crippen molar-refractivity contribution in [2.24, 2.45) is 14.1 Å². The Morgan fingerprint density at radius 3 is 2.54 bits per heavy atom. The molecule has 0 radical (unpaired) electrons. The number of halogens is 1. The van der Waals surface area contributed by atoms with Crippen LogP contribution in [0.4, 0.5) is 0 Å². The summed E-state index contributed by atoms with van der Waals surface area (Å²) in [6.45, 7) is 0. The molecule has 0 bridgehead atoms. The van der Waals surface area contributed by atoms with Crippen molar-refractivity contribution in [2.45, 2.75) is 0 Å². The van der Waals surface area contributed by atoms with Crippen molar-refractivity contribution in [1.82, 2.24) is 19.6 Å². The van der Waals surface area contributed by atoms with Crippen LogP contribution >= 0.6 is 11.6 Å². The Balaban J connectivity index is 2.53. The highest BCUT2D eigenvalue weighted by molar-refractivity contribution is 6.29. The molecule has 2 heterocycles. The Morgan fingerprint density at radius 2 is 2.08 bits per heavy atom. The molecule has 68 valence electrons. The lowest BCUT2D eigenvalue weighted by molar-refractivity contribution is 0.750. The summed E-state index contributed by atoms with van der Waals surface area (Å²) < 4.78 is 3.39. The van der Waals surface area contributed by atoms with E-state index in [1.165, 1.54) is 0 Å². The van der Waals surface area contributed by atoms with E-state index in [0.717, 1.165) is 11.4 Å². The first-order valence-corrected chi connectivity index (χ1v) is 4.24. The second kappa shape index (κ2) is 2.88. The summed E-state index contributed by atoms with van der Waals surface area (Å²) in [5, 5.41) is 8.92. The van der Waals surface area contributed by atoms with Crippen molar-refractivity contribution in [1.29, 1.82) is 0 Å². The van der Waals surface area contributed by atoms with Crippen LogP contribution in [0.5, 0.6) is 0 Å². The number of hydrogen-bond donors (Lipinski definition) is 0. The van der Waals surface area contributed by atoms with Crippen LogP contribution in [-0.2, 0) is 14.1 Å². The first kappa shape index (κ1) is 8.31. The van der Waals surface area contributed by atoms with Gasteiger partial charge < -0.3 is 0 Å². The van der Waals surface area contributed by atoms with Crippen molar-refractivity contribution in [3.8, 4) is 11.4 Å². The van der Waals surface area contributed by atoms with E-state index < -0.39 is 0 Å². The quantitative estimate of drug-likeness (QED) is 0.693. The van der Waals surface area contributed by atoms with Crippen LogP contribution in [0.15, 0.2) is 18.3 Å². The molecule has 13 heavy (non-hydrogen) atoms. The fourth-order valence-electron chi connectivity index (χ4n) is 1.19. The largest absolute Gasteiger partial charge is 0.266 e. The van der Waals surface area contributed by atoms with Crippen molar-refractivity contribution < 1.29 is 0 Å². The third-order valence-electron chi connectivity index (χ3n) is 1.91. The molecule has 2 rings (SSSR count). The Morgan fingerprint density at radius 1 is 1.31 bits per heavy atom. The zero-order chi connectivity index (χ0) is 9.42. The van der Waals surface area contributed by atoms with E-state index in [1.807, 2.05) is 26.2 Å². The molecule has 2 aromatic heterocycles. The Kier molecular flexibility index (Phi) is 1.84. The zero-order valence-corrected chi connectivity index (χ0v) is 8.15. The van der Waals surface area contributed by atoms with Crippen LogP contribution in [-0.4, -0.2) is 19.6 Å². The van der Waals surface area contributed by atoms with E-state index in [4.69, 9.17) is 11.6 Å². The molecule has 0 amide bonds. The molecule has 0 aromatic carbocycles. The fourth-order valence-corrected chi connectivity index (χ4v) is 1.34. The van der Waals surface area contributed by atoms with Gasteiger partial charge in [-0.15, -0.1) is 0 Å². The van der Waals surface area contributed by atoms with Crippen LogP contribution in [0.25, 0.3) is 11.4 Å². The molecule has 5 heteroatoms. The van der Waals surface area contributed by atoms with Gasteiger partial charge in [0, 0.05) is 26.4 Å². The molecule has 0 fully saturated rings. The van der Waals surface area contributed by atoms with E-state index in [1.54, 1.807) is 15.6 Å². The van der Waals surface area contributed by atoms with E-state index in [2.05, 4.69) is 10.2 Å². The molecule has 0 aliphatic rings. The maximum Gasteiger partial charge on any atom is 0.127 e. The predicted octanol–water partition coefficient (Wildman–Crippen LogP) is 1.47. The number of aromatic nitrogens is 4. The number of rotatable bonds is 1. The van der Waals surface area contributed by atoms with Crippen LogP contribution in [0.2, 0.25) is 5.15 Å².